The van der Waals surface area contributed by atoms with Crippen molar-refractivity contribution in [2.75, 3.05) is 43.6 Å². The Balaban J connectivity index is 1.21. The Morgan fingerprint density at radius 3 is 2.46 bits per heavy atom. The Labute approximate surface area is 217 Å². The summed E-state index contributed by atoms with van der Waals surface area (Å²) in [7, 11) is 0. The number of aliphatic carboxylic acids is 1. The smallest absolute Gasteiger partial charge is 0.305 e. The first-order valence-electron chi connectivity index (χ1n) is 11.8. The van der Waals surface area contributed by atoms with E-state index in [0.717, 1.165) is 10.6 Å². The molecule has 0 aliphatic carbocycles. The van der Waals surface area contributed by atoms with E-state index < -0.39 is 17.9 Å². The molecule has 10 nitrogen and oxygen atoms in total. The zero-order chi connectivity index (χ0) is 25.9. The van der Waals surface area contributed by atoms with Gasteiger partial charge in [-0.25, -0.2) is 0 Å². The number of nitrogen functional groups attached to an aromatic ring is 1. The average molecular weight is 523 g/mol. The number of thiophene rings is 1. The molecule has 4 N–H and O–H groups in total. The lowest BCUT2D eigenvalue weighted by atomic mass is 10.1. The second-order valence-electron chi connectivity index (χ2n) is 8.76. The van der Waals surface area contributed by atoms with Gasteiger partial charge < -0.3 is 35.4 Å². The molecule has 1 atom stereocenters. The summed E-state index contributed by atoms with van der Waals surface area (Å²) in [6.07, 6.45) is -0.213. The highest BCUT2D eigenvalue weighted by Gasteiger charge is 2.26. The van der Waals surface area contributed by atoms with Gasteiger partial charge in [0.1, 0.15) is 0 Å². The molecule has 0 saturated carbocycles. The maximum Gasteiger partial charge on any atom is 0.305 e. The van der Waals surface area contributed by atoms with Crippen molar-refractivity contribution in [3.63, 3.8) is 0 Å². The number of piperazine rings is 1. The Bertz CT molecular complexity index is 1320. The zero-order valence-corrected chi connectivity index (χ0v) is 20.7. The molecule has 1 unspecified atom stereocenters. The average Bonchev–Trinajstić information content (AvgIpc) is 3.60. The third kappa shape index (κ3) is 5.31. The highest BCUT2D eigenvalue weighted by Crippen LogP contribution is 2.33. The third-order valence-electron chi connectivity index (χ3n) is 6.39. The molecule has 3 aromatic rings. The topological polar surface area (TPSA) is 134 Å². The molecule has 37 heavy (non-hydrogen) atoms. The number of amides is 2. The highest BCUT2D eigenvalue weighted by molar-refractivity contribution is 7.10. The van der Waals surface area contributed by atoms with Crippen molar-refractivity contribution in [2.24, 2.45) is 0 Å². The molecular weight excluding hydrogens is 496 g/mol. The third-order valence-corrected chi connectivity index (χ3v) is 7.37. The molecule has 3 heterocycles. The van der Waals surface area contributed by atoms with Crippen LogP contribution in [0.4, 0.5) is 11.4 Å². The first-order valence-corrected chi connectivity index (χ1v) is 12.7. The lowest BCUT2D eigenvalue weighted by molar-refractivity contribution is -0.137. The van der Waals surface area contributed by atoms with E-state index in [1.165, 1.54) is 11.3 Å². The number of anilines is 2. The van der Waals surface area contributed by atoms with Gasteiger partial charge in [-0.1, -0.05) is 6.07 Å². The first-order chi connectivity index (χ1) is 17.9. The number of benzene rings is 2. The molecule has 5 rings (SSSR count). The predicted molar refractivity (Wildman–Crippen MR) is 138 cm³/mol. The van der Waals surface area contributed by atoms with Crippen LogP contribution in [0, 0.1) is 0 Å². The molecule has 0 bridgehead atoms. The van der Waals surface area contributed by atoms with Crippen LogP contribution in [-0.4, -0.2) is 60.8 Å². The molecule has 2 aromatic carbocycles. The Kier molecular flexibility index (Phi) is 6.87. The standard InChI is InChI=1S/C26H26N4O6S/c27-18-12-16(25(33)28-19(14-24(31)32)23-2-1-11-37-23)3-5-20(18)29-7-9-30(10-8-29)26(34)17-4-6-21-22(13-17)36-15-35-21/h1-6,11-13,19H,7-10,14-15,27H2,(H,28,33)(H,31,32). The number of hydrogen-bond acceptors (Lipinski definition) is 8. The second-order valence-corrected chi connectivity index (χ2v) is 9.74. The largest absolute Gasteiger partial charge is 0.481 e. The molecule has 1 saturated heterocycles. The molecule has 2 aliphatic heterocycles. The van der Waals surface area contributed by atoms with E-state index in [1.54, 1.807) is 47.4 Å². The first kappa shape index (κ1) is 24.4. The van der Waals surface area contributed by atoms with Gasteiger partial charge >= 0.3 is 5.97 Å². The molecule has 2 aliphatic rings. The van der Waals surface area contributed by atoms with Crippen molar-refractivity contribution >= 4 is 40.5 Å². The van der Waals surface area contributed by atoms with Gasteiger partial charge in [0.05, 0.1) is 23.8 Å². The molecule has 1 fully saturated rings. The lowest BCUT2D eigenvalue weighted by Crippen LogP contribution is -2.49. The number of nitrogens with zero attached hydrogens (tertiary/aromatic N) is 2. The van der Waals surface area contributed by atoms with Crippen molar-refractivity contribution in [3.8, 4) is 11.5 Å². The van der Waals surface area contributed by atoms with Crippen LogP contribution in [0.5, 0.6) is 11.5 Å². The van der Waals surface area contributed by atoms with Crippen LogP contribution < -0.4 is 25.4 Å². The monoisotopic (exact) mass is 522 g/mol. The predicted octanol–water partition coefficient (Wildman–Crippen LogP) is 2.97. The van der Waals surface area contributed by atoms with E-state index in [9.17, 15) is 19.5 Å². The number of carboxylic acids is 1. The molecule has 0 spiro atoms. The lowest BCUT2D eigenvalue weighted by Gasteiger charge is -2.36. The van der Waals surface area contributed by atoms with Gasteiger partial charge in [-0.2, -0.15) is 0 Å². The van der Waals surface area contributed by atoms with Crippen LogP contribution in [0.3, 0.4) is 0 Å². The fraction of sp³-hybridized carbons (Fsp3) is 0.269. The van der Waals surface area contributed by atoms with Gasteiger partial charge in [0.15, 0.2) is 11.5 Å². The fourth-order valence-corrected chi connectivity index (χ4v) is 5.25. The molecule has 1 aromatic heterocycles. The maximum absolute atomic E-state index is 13.0. The number of nitrogens with one attached hydrogen (secondary N) is 1. The van der Waals surface area contributed by atoms with Gasteiger partial charge in [-0.3, -0.25) is 14.4 Å². The normalized spacial score (nSPS) is 15.4. The summed E-state index contributed by atoms with van der Waals surface area (Å²) >= 11 is 1.39. The second kappa shape index (κ2) is 10.4. The number of nitrogens with two attached hydrogens (primary N) is 1. The van der Waals surface area contributed by atoms with Crippen molar-refractivity contribution in [1.29, 1.82) is 0 Å². The van der Waals surface area contributed by atoms with E-state index in [-0.39, 0.29) is 19.1 Å². The van der Waals surface area contributed by atoms with Gasteiger partial charge in [0.25, 0.3) is 11.8 Å². The van der Waals surface area contributed by atoms with Gasteiger partial charge in [0, 0.05) is 42.2 Å². The molecular formula is C26H26N4O6S. The summed E-state index contributed by atoms with van der Waals surface area (Å²) in [5.41, 5.74) is 8.44. The van der Waals surface area contributed by atoms with Crippen molar-refractivity contribution in [2.45, 2.75) is 12.5 Å². The SMILES string of the molecule is Nc1cc(C(=O)NC(CC(=O)O)c2cccs2)ccc1N1CCN(C(=O)c2ccc3c(c2)OCO3)CC1. The number of carboxylic acid groups (broad SMARTS) is 1. The summed E-state index contributed by atoms with van der Waals surface area (Å²) in [4.78, 5) is 41.8. The maximum atomic E-state index is 13.0. The number of hydrogen-bond donors (Lipinski definition) is 3. The minimum Gasteiger partial charge on any atom is -0.481 e. The van der Waals surface area contributed by atoms with Gasteiger partial charge in [-0.15, -0.1) is 11.3 Å². The fourth-order valence-electron chi connectivity index (χ4n) is 4.47. The minimum atomic E-state index is -0.996. The van der Waals surface area contributed by atoms with Crippen LogP contribution in [0.2, 0.25) is 0 Å². The number of carbonyl (C=O) groups is 3. The van der Waals surface area contributed by atoms with Gasteiger partial charge in [-0.05, 0) is 47.8 Å². The number of ether oxygens (including phenoxy) is 2. The van der Waals surface area contributed by atoms with Crippen molar-refractivity contribution in [3.05, 3.63) is 69.9 Å². The number of rotatable bonds is 7. The van der Waals surface area contributed by atoms with Crippen LogP contribution in [-0.2, 0) is 4.79 Å². The quantitative estimate of drug-likeness (QED) is 0.403. The van der Waals surface area contributed by atoms with E-state index in [0.29, 0.717) is 54.5 Å². The molecule has 2 amide bonds. The molecule has 0 radical (unpaired) electrons. The van der Waals surface area contributed by atoms with E-state index in [4.69, 9.17) is 15.2 Å². The minimum absolute atomic E-state index is 0.0698. The van der Waals surface area contributed by atoms with Crippen molar-refractivity contribution in [1.82, 2.24) is 10.2 Å². The highest BCUT2D eigenvalue weighted by atomic mass is 32.1. The van der Waals surface area contributed by atoms with E-state index in [2.05, 4.69) is 10.2 Å². The number of carbonyl (C=O) groups excluding carboxylic acids is 2. The summed E-state index contributed by atoms with van der Waals surface area (Å²) in [6.45, 7) is 2.38. The van der Waals surface area contributed by atoms with E-state index in [1.807, 2.05) is 11.4 Å². The summed E-state index contributed by atoms with van der Waals surface area (Å²) in [5.74, 6) is -0.245. The molecule has 11 heteroatoms. The van der Waals surface area contributed by atoms with E-state index >= 15 is 0 Å². The van der Waals surface area contributed by atoms with Crippen LogP contribution in [0.25, 0.3) is 0 Å². The Morgan fingerprint density at radius 1 is 1.00 bits per heavy atom. The van der Waals surface area contributed by atoms with Crippen molar-refractivity contribution < 1.29 is 29.0 Å². The Morgan fingerprint density at radius 2 is 1.76 bits per heavy atom. The summed E-state index contributed by atoms with van der Waals surface area (Å²) < 4.78 is 10.7. The van der Waals surface area contributed by atoms with Crippen LogP contribution in [0.15, 0.2) is 53.9 Å². The summed E-state index contributed by atoms with van der Waals surface area (Å²) in [6, 6.07) is 13.2. The Hall–Kier alpha value is -4.25. The van der Waals surface area contributed by atoms with Crippen LogP contribution >= 0.6 is 11.3 Å². The van der Waals surface area contributed by atoms with Gasteiger partial charge in [0.2, 0.25) is 6.79 Å². The zero-order valence-electron chi connectivity index (χ0n) is 19.9. The summed E-state index contributed by atoms with van der Waals surface area (Å²) in [5, 5.41) is 13.9. The molecule has 192 valence electrons. The van der Waals surface area contributed by atoms with Crippen LogP contribution in [0.1, 0.15) is 38.1 Å². The number of fused-ring (bicyclic) bond motifs is 1.